The fraction of sp³-hybridized carbons (Fsp3) is 0.800. The molecule has 2 nitrogen and oxygen atoms in total. The van der Waals surface area contributed by atoms with E-state index in [4.69, 9.17) is 11.6 Å². The van der Waals surface area contributed by atoms with Crippen LogP contribution >= 0.6 is 27.5 Å². The van der Waals surface area contributed by atoms with Crippen molar-refractivity contribution in [1.82, 2.24) is 0 Å². The number of carbonyl (C=O) groups excluding carboxylic acids is 1. The first-order chi connectivity index (χ1) is 4.09. The first-order valence-corrected chi connectivity index (χ1v) is 3.80. The van der Waals surface area contributed by atoms with Crippen LogP contribution in [0, 0.1) is 0 Å². The second-order valence-electron chi connectivity index (χ2n) is 1.60. The molecule has 0 saturated carbocycles. The summed E-state index contributed by atoms with van der Waals surface area (Å²) in [5.41, 5.74) is 0. The third-order valence-corrected chi connectivity index (χ3v) is 2.22. The zero-order chi connectivity index (χ0) is 7.44. The average molecular weight is 215 g/mol. The predicted octanol–water partition coefficient (Wildman–Crippen LogP) is 1.55. The SMILES string of the molecule is COC(=O)[C@H](Cl)[C@@H](C)Br. The zero-order valence-corrected chi connectivity index (χ0v) is 7.57. The molecule has 0 unspecified atom stereocenters. The lowest BCUT2D eigenvalue weighted by molar-refractivity contribution is -0.140. The molecule has 0 fully saturated rings. The Morgan fingerprint density at radius 3 is 2.33 bits per heavy atom. The van der Waals surface area contributed by atoms with Gasteiger partial charge in [-0.15, -0.1) is 11.6 Å². The zero-order valence-electron chi connectivity index (χ0n) is 5.23. The molecule has 9 heavy (non-hydrogen) atoms. The van der Waals surface area contributed by atoms with Gasteiger partial charge in [0.15, 0.2) is 0 Å². The molecule has 2 atom stereocenters. The topological polar surface area (TPSA) is 26.3 Å². The van der Waals surface area contributed by atoms with E-state index in [9.17, 15) is 4.79 Å². The fourth-order valence-electron chi connectivity index (χ4n) is 0.300. The molecule has 0 saturated heterocycles. The number of esters is 1. The minimum absolute atomic E-state index is 0.0494. The van der Waals surface area contributed by atoms with Gasteiger partial charge >= 0.3 is 5.97 Å². The molecule has 0 rings (SSSR count). The molecule has 0 aromatic carbocycles. The molecular weight excluding hydrogens is 207 g/mol. The largest absolute Gasteiger partial charge is 0.468 e. The van der Waals surface area contributed by atoms with Crippen molar-refractivity contribution in [3.8, 4) is 0 Å². The fourth-order valence-corrected chi connectivity index (χ4v) is 0.605. The molecule has 0 bridgehead atoms. The lowest BCUT2D eigenvalue weighted by Gasteiger charge is -2.07. The van der Waals surface area contributed by atoms with Crippen molar-refractivity contribution >= 4 is 33.5 Å². The maximum absolute atomic E-state index is 10.6. The van der Waals surface area contributed by atoms with Gasteiger partial charge in [0.05, 0.1) is 7.11 Å². The van der Waals surface area contributed by atoms with Crippen molar-refractivity contribution in [2.75, 3.05) is 7.11 Å². The van der Waals surface area contributed by atoms with Crippen LogP contribution in [-0.2, 0) is 9.53 Å². The van der Waals surface area contributed by atoms with Gasteiger partial charge in [0.25, 0.3) is 0 Å². The smallest absolute Gasteiger partial charge is 0.324 e. The van der Waals surface area contributed by atoms with Gasteiger partial charge in [0, 0.05) is 4.83 Å². The van der Waals surface area contributed by atoms with Crippen molar-refractivity contribution in [1.29, 1.82) is 0 Å². The summed E-state index contributed by atoms with van der Waals surface area (Å²) in [5, 5.41) is -0.588. The number of alkyl halides is 2. The lowest BCUT2D eigenvalue weighted by atomic mass is 10.3. The van der Waals surface area contributed by atoms with E-state index < -0.39 is 11.3 Å². The molecular formula is C5H8BrClO2. The van der Waals surface area contributed by atoms with Crippen molar-refractivity contribution in [2.24, 2.45) is 0 Å². The monoisotopic (exact) mass is 214 g/mol. The highest BCUT2D eigenvalue weighted by molar-refractivity contribution is 9.09. The normalized spacial score (nSPS) is 16.4. The number of rotatable bonds is 2. The average Bonchev–Trinajstić information content (AvgIpc) is 1.84. The van der Waals surface area contributed by atoms with Crippen LogP contribution in [0.1, 0.15) is 6.92 Å². The van der Waals surface area contributed by atoms with Gasteiger partial charge in [-0.25, -0.2) is 0 Å². The van der Waals surface area contributed by atoms with Crippen LogP contribution in [0.3, 0.4) is 0 Å². The van der Waals surface area contributed by atoms with Crippen molar-refractivity contribution in [2.45, 2.75) is 17.1 Å². The van der Waals surface area contributed by atoms with Gasteiger partial charge in [0.2, 0.25) is 0 Å². The molecule has 0 aliphatic heterocycles. The number of hydrogen-bond donors (Lipinski definition) is 0. The highest BCUT2D eigenvalue weighted by Crippen LogP contribution is 2.11. The maximum Gasteiger partial charge on any atom is 0.324 e. The second kappa shape index (κ2) is 4.12. The van der Waals surface area contributed by atoms with Crippen molar-refractivity contribution in [3.05, 3.63) is 0 Å². The van der Waals surface area contributed by atoms with Gasteiger partial charge in [-0.2, -0.15) is 0 Å². The Balaban J connectivity index is 3.72. The molecule has 54 valence electrons. The van der Waals surface area contributed by atoms with Crippen LogP contribution in [0.5, 0.6) is 0 Å². The molecule has 0 N–H and O–H groups in total. The number of methoxy groups -OCH3 is 1. The van der Waals surface area contributed by atoms with Crippen LogP contribution in [0.15, 0.2) is 0 Å². The number of ether oxygens (including phenoxy) is 1. The Morgan fingerprint density at radius 1 is 1.78 bits per heavy atom. The third-order valence-electron chi connectivity index (χ3n) is 0.830. The molecule has 0 aliphatic carbocycles. The van der Waals surface area contributed by atoms with Crippen LogP contribution in [0.4, 0.5) is 0 Å². The van der Waals surface area contributed by atoms with E-state index >= 15 is 0 Å². The van der Waals surface area contributed by atoms with Gasteiger partial charge < -0.3 is 4.74 Å². The Hall–Kier alpha value is 0.240. The minimum Gasteiger partial charge on any atom is -0.468 e. The van der Waals surface area contributed by atoms with Gasteiger partial charge in [0.1, 0.15) is 5.38 Å². The molecule has 0 spiro atoms. The highest BCUT2D eigenvalue weighted by atomic mass is 79.9. The number of halogens is 2. The second-order valence-corrected chi connectivity index (χ2v) is 3.52. The summed E-state index contributed by atoms with van der Waals surface area (Å²) in [7, 11) is 1.31. The Kier molecular flexibility index (Phi) is 4.23. The minimum atomic E-state index is -0.588. The highest BCUT2D eigenvalue weighted by Gasteiger charge is 2.20. The van der Waals surface area contributed by atoms with E-state index in [0.29, 0.717) is 0 Å². The summed E-state index contributed by atoms with van der Waals surface area (Å²) >= 11 is 8.69. The Morgan fingerprint density at radius 2 is 2.22 bits per heavy atom. The molecule has 0 radical (unpaired) electrons. The first kappa shape index (κ1) is 9.24. The van der Waals surface area contributed by atoms with Crippen LogP contribution in [-0.4, -0.2) is 23.3 Å². The molecule has 0 aliphatic rings. The summed E-state index contributed by atoms with van der Waals surface area (Å²) in [5.74, 6) is -0.402. The molecule has 0 aromatic heterocycles. The number of carbonyl (C=O) groups is 1. The standard InChI is InChI=1S/C5H8BrClO2/c1-3(6)4(7)5(8)9-2/h3-4H,1-2H3/t3-,4-/m1/s1. The maximum atomic E-state index is 10.6. The summed E-state index contributed by atoms with van der Waals surface area (Å²) < 4.78 is 4.37. The van der Waals surface area contributed by atoms with Crippen LogP contribution < -0.4 is 0 Å². The van der Waals surface area contributed by atoms with Crippen LogP contribution in [0.25, 0.3) is 0 Å². The summed E-state index contributed by atoms with van der Waals surface area (Å²) in [6.45, 7) is 1.79. The van der Waals surface area contributed by atoms with E-state index in [1.54, 1.807) is 6.92 Å². The van der Waals surface area contributed by atoms with E-state index in [-0.39, 0.29) is 4.83 Å². The quantitative estimate of drug-likeness (QED) is 0.516. The Labute approximate surface area is 67.6 Å². The van der Waals surface area contributed by atoms with Gasteiger partial charge in [-0.05, 0) is 0 Å². The first-order valence-electron chi connectivity index (χ1n) is 2.45. The van der Waals surface area contributed by atoms with E-state index in [0.717, 1.165) is 0 Å². The summed E-state index contributed by atoms with van der Waals surface area (Å²) in [6.07, 6.45) is 0. The molecule has 4 heteroatoms. The van der Waals surface area contributed by atoms with E-state index in [2.05, 4.69) is 20.7 Å². The van der Waals surface area contributed by atoms with Crippen molar-refractivity contribution in [3.63, 3.8) is 0 Å². The molecule has 0 aromatic rings. The lowest BCUT2D eigenvalue weighted by Crippen LogP contribution is -2.23. The predicted molar refractivity (Wildman–Crippen MR) is 40.0 cm³/mol. The Bertz CT molecular complexity index is 105. The van der Waals surface area contributed by atoms with E-state index in [1.165, 1.54) is 7.11 Å². The summed E-state index contributed by atoms with van der Waals surface area (Å²) in [4.78, 5) is 10.5. The van der Waals surface area contributed by atoms with Gasteiger partial charge in [-0.3, -0.25) is 4.79 Å². The number of hydrogen-bond acceptors (Lipinski definition) is 2. The van der Waals surface area contributed by atoms with Crippen molar-refractivity contribution < 1.29 is 9.53 Å². The molecule has 0 heterocycles. The van der Waals surface area contributed by atoms with Crippen LogP contribution in [0.2, 0.25) is 0 Å². The van der Waals surface area contributed by atoms with E-state index in [1.807, 2.05) is 0 Å². The summed E-state index contributed by atoms with van der Waals surface area (Å²) in [6, 6.07) is 0. The third kappa shape index (κ3) is 3.06. The van der Waals surface area contributed by atoms with Gasteiger partial charge in [-0.1, -0.05) is 22.9 Å². The molecule has 0 amide bonds.